The van der Waals surface area contributed by atoms with Gasteiger partial charge in [0.15, 0.2) is 0 Å². The van der Waals surface area contributed by atoms with Gasteiger partial charge in [0.1, 0.15) is 11.9 Å². The number of nitrogens with zero attached hydrogens (tertiary/aromatic N) is 2. The molecule has 5 aromatic rings. The number of fused-ring (bicyclic) bond motifs is 1. The Hall–Kier alpha value is -3.32. The van der Waals surface area contributed by atoms with Gasteiger partial charge in [0, 0.05) is 29.0 Å². The smallest absolute Gasteiger partial charge is 0.129 e. The predicted octanol–water partition coefficient (Wildman–Crippen LogP) is 7.27. The van der Waals surface area contributed by atoms with E-state index in [4.69, 9.17) is 19.4 Å². The first-order valence-electron chi connectivity index (χ1n) is 12.6. The normalized spacial score (nSPS) is 14.2. The molecule has 1 aliphatic rings. The van der Waals surface area contributed by atoms with Gasteiger partial charge >= 0.3 is 0 Å². The van der Waals surface area contributed by atoms with Gasteiger partial charge in [-0.25, -0.2) is 4.98 Å². The molecular formula is C31H30N2O3S. The lowest BCUT2D eigenvalue weighted by atomic mass is 9.86. The maximum atomic E-state index is 10.6. The molecule has 3 aromatic heterocycles. The second-order valence-electron chi connectivity index (χ2n) is 10.5. The van der Waals surface area contributed by atoms with Crippen molar-refractivity contribution in [1.82, 2.24) is 9.97 Å². The fraction of sp³-hybridized carbons (Fsp3) is 0.290. The molecule has 6 rings (SSSR count). The summed E-state index contributed by atoms with van der Waals surface area (Å²) < 4.78 is 12.4. The number of ether oxygens (including phenoxy) is 2. The minimum Gasteiger partial charge on any atom is -0.493 e. The zero-order valence-electron chi connectivity index (χ0n) is 21.5. The predicted molar refractivity (Wildman–Crippen MR) is 150 cm³/mol. The van der Waals surface area contributed by atoms with Crippen LogP contribution in [0.25, 0.3) is 43.5 Å². The lowest BCUT2D eigenvalue weighted by Crippen LogP contribution is -2.25. The lowest BCUT2D eigenvalue weighted by molar-refractivity contribution is -0.0821. The van der Waals surface area contributed by atoms with E-state index in [1.807, 2.05) is 39.1 Å². The molecule has 0 amide bonds. The Morgan fingerprint density at radius 2 is 2.00 bits per heavy atom. The molecule has 1 N–H and O–H groups in total. The van der Waals surface area contributed by atoms with Crippen molar-refractivity contribution >= 4 is 33.1 Å². The summed E-state index contributed by atoms with van der Waals surface area (Å²) in [6.07, 6.45) is 2.24. The van der Waals surface area contributed by atoms with Gasteiger partial charge in [-0.1, -0.05) is 6.07 Å². The maximum absolute atomic E-state index is 10.6. The summed E-state index contributed by atoms with van der Waals surface area (Å²) in [4.78, 5) is 11.1. The molecule has 188 valence electrons. The maximum Gasteiger partial charge on any atom is 0.129 e. The molecule has 6 heteroatoms. The zero-order chi connectivity index (χ0) is 25.7. The summed E-state index contributed by atoms with van der Waals surface area (Å²) in [5.74, 6) is 0.870. The Morgan fingerprint density at radius 3 is 2.76 bits per heavy atom. The number of benzene rings is 2. The number of hydrogen-bond donors (Lipinski definition) is 1. The van der Waals surface area contributed by atoms with Crippen molar-refractivity contribution in [3.05, 3.63) is 76.8 Å². The molecule has 0 spiro atoms. The Balaban J connectivity index is 1.69. The highest BCUT2D eigenvalue weighted by Crippen LogP contribution is 2.45. The first kappa shape index (κ1) is 24.0. The van der Waals surface area contributed by atoms with Crippen molar-refractivity contribution in [2.75, 3.05) is 13.2 Å². The average Bonchev–Trinajstić information content (AvgIpc) is 3.42. The van der Waals surface area contributed by atoms with E-state index < -0.39 is 11.7 Å². The molecule has 5 nitrogen and oxygen atoms in total. The minimum absolute atomic E-state index is 0.130. The molecule has 1 aliphatic heterocycles. The Bertz CT molecular complexity index is 1610. The van der Waals surface area contributed by atoms with Gasteiger partial charge in [0.05, 0.1) is 40.4 Å². The Kier molecular flexibility index (Phi) is 5.98. The highest BCUT2D eigenvalue weighted by Gasteiger charge is 2.28. The van der Waals surface area contributed by atoms with Crippen LogP contribution in [0.1, 0.15) is 43.6 Å². The molecule has 0 saturated carbocycles. The van der Waals surface area contributed by atoms with E-state index in [1.54, 1.807) is 11.3 Å². The van der Waals surface area contributed by atoms with Crippen LogP contribution in [0.3, 0.4) is 0 Å². The summed E-state index contributed by atoms with van der Waals surface area (Å²) >= 11 is 1.68. The van der Waals surface area contributed by atoms with Gasteiger partial charge in [-0.2, -0.15) is 0 Å². The summed E-state index contributed by atoms with van der Waals surface area (Å²) in [6.45, 7) is 8.67. The number of thiophene rings is 1. The fourth-order valence-corrected chi connectivity index (χ4v) is 6.10. The monoisotopic (exact) mass is 510 g/mol. The number of aliphatic hydroxyl groups excluding tert-OH is 1. The second-order valence-corrected chi connectivity index (χ2v) is 11.5. The average molecular weight is 511 g/mol. The third kappa shape index (κ3) is 4.29. The van der Waals surface area contributed by atoms with Crippen molar-refractivity contribution in [1.29, 1.82) is 0 Å². The number of aliphatic hydroxyl groups is 1. The summed E-state index contributed by atoms with van der Waals surface area (Å²) in [7, 11) is 0. The van der Waals surface area contributed by atoms with Crippen LogP contribution in [-0.2, 0) is 11.2 Å². The molecule has 37 heavy (non-hydrogen) atoms. The van der Waals surface area contributed by atoms with Crippen molar-refractivity contribution in [2.45, 2.75) is 45.8 Å². The number of rotatable bonds is 5. The van der Waals surface area contributed by atoms with Crippen LogP contribution < -0.4 is 4.74 Å². The van der Waals surface area contributed by atoms with E-state index in [-0.39, 0.29) is 6.61 Å². The molecule has 0 fully saturated rings. The van der Waals surface area contributed by atoms with Gasteiger partial charge < -0.3 is 14.6 Å². The highest BCUT2D eigenvalue weighted by atomic mass is 32.1. The van der Waals surface area contributed by atoms with Gasteiger partial charge in [-0.3, -0.25) is 4.98 Å². The van der Waals surface area contributed by atoms with E-state index in [2.05, 4.69) is 48.7 Å². The van der Waals surface area contributed by atoms with E-state index in [1.165, 1.54) is 5.56 Å². The Morgan fingerprint density at radius 1 is 1.14 bits per heavy atom. The minimum atomic E-state index is -0.501. The molecule has 4 heterocycles. The van der Waals surface area contributed by atoms with Crippen LogP contribution in [-0.4, -0.2) is 33.9 Å². The van der Waals surface area contributed by atoms with E-state index in [0.717, 1.165) is 66.8 Å². The third-order valence-electron chi connectivity index (χ3n) is 6.84. The van der Waals surface area contributed by atoms with E-state index in [9.17, 15) is 5.11 Å². The van der Waals surface area contributed by atoms with Gasteiger partial charge in [0.25, 0.3) is 0 Å². The zero-order valence-corrected chi connectivity index (χ0v) is 22.4. The van der Waals surface area contributed by atoms with Gasteiger partial charge in [-0.05, 0) is 97.8 Å². The van der Waals surface area contributed by atoms with Gasteiger partial charge in [0.2, 0.25) is 0 Å². The van der Waals surface area contributed by atoms with Crippen molar-refractivity contribution in [3.8, 4) is 27.4 Å². The number of aromatic nitrogens is 2. The van der Waals surface area contributed by atoms with E-state index >= 15 is 0 Å². The van der Waals surface area contributed by atoms with Gasteiger partial charge in [-0.15, -0.1) is 11.3 Å². The first-order chi connectivity index (χ1) is 17.8. The van der Waals surface area contributed by atoms with Crippen LogP contribution in [0.5, 0.6) is 5.75 Å². The molecule has 0 aliphatic carbocycles. The van der Waals surface area contributed by atoms with E-state index in [0.29, 0.717) is 6.61 Å². The molecule has 0 saturated heterocycles. The molecule has 1 unspecified atom stereocenters. The Labute approximate surface area is 220 Å². The highest BCUT2D eigenvalue weighted by molar-refractivity contribution is 7.13. The molecular weight excluding hydrogens is 480 g/mol. The largest absolute Gasteiger partial charge is 0.493 e. The van der Waals surface area contributed by atoms with Crippen LogP contribution >= 0.6 is 11.3 Å². The van der Waals surface area contributed by atoms with Crippen LogP contribution in [0.4, 0.5) is 0 Å². The fourth-order valence-electron chi connectivity index (χ4n) is 5.41. The molecule has 0 radical (unpaired) electrons. The van der Waals surface area contributed by atoms with Crippen molar-refractivity contribution < 1.29 is 14.6 Å². The molecule has 0 bridgehead atoms. The number of pyridine rings is 2. The second kappa shape index (κ2) is 9.21. The summed E-state index contributed by atoms with van der Waals surface area (Å²) in [6, 6.07) is 16.7. The number of hydrogen-bond acceptors (Lipinski definition) is 6. The summed E-state index contributed by atoms with van der Waals surface area (Å²) in [5, 5.41) is 14.7. The number of aryl methyl sites for hydroxylation is 1. The van der Waals surface area contributed by atoms with Crippen molar-refractivity contribution in [3.63, 3.8) is 0 Å². The first-order valence-corrected chi connectivity index (χ1v) is 13.5. The summed E-state index contributed by atoms with van der Waals surface area (Å²) in [5.41, 5.74) is 7.57. The lowest BCUT2D eigenvalue weighted by Gasteiger charge is -2.30. The quantitative estimate of drug-likeness (QED) is 0.269. The molecule has 2 aromatic carbocycles. The van der Waals surface area contributed by atoms with Crippen LogP contribution in [0, 0.1) is 6.92 Å². The van der Waals surface area contributed by atoms with Crippen molar-refractivity contribution in [2.24, 2.45) is 0 Å². The topological polar surface area (TPSA) is 64.5 Å². The molecule has 1 atom stereocenters. The third-order valence-corrected chi connectivity index (χ3v) is 7.73. The van der Waals surface area contributed by atoms with Crippen LogP contribution in [0.15, 0.2) is 60.1 Å². The SMILES string of the molecule is Cc1cc2nc(-c3cccs3)ccc2c(-c2ccc3c4c(ccnc24)CCO3)c1C(CO)OC(C)(C)C. The van der Waals surface area contributed by atoms with Crippen LogP contribution in [0.2, 0.25) is 0 Å². The standard InChI is InChI=1S/C31H30N2O3S/c1-18-16-23-20(7-9-22(33-23)26-6-5-15-37-26)29(27(18)25(17-34)36-31(2,3)4)21-8-10-24-28-19(12-14-35-24)11-13-32-30(21)28/h5-11,13,15-16,25,34H,12,14,17H2,1-4H3.